The van der Waals surface area contributed by atoms with E-state index in [1.807, 2.05) is 36.4 Å². The van der Waals surface area contributed by atoms with Crippen molar-refractivity contribution in [1.29, 1.82) is 0 Å². The van der Waals surface area contributed by atoms with Crippen molar-refractivity contribution in [2.45, 2.75) is 32.7 Å². The van der Waals surface area contributed by atoms with Gasteiger partial charge in [-0.05, 0) is 42.2 Å². The lowest BCUT2D eigenvalue weighted by Crippen LogP contribution is -2.19. The number of hydrogen-bond acceptors (Lipinski definition) is 3. The molecular weight excluding hydrogens is 288 g/mol. The van der Waals surface area contributed by atoms with Crippen LogP contribution in [0.2, 0.25) is 0 Å². The molecule has 0 unspecified atom stereocenters. The molecule has 0 aliphatic rings. The maximum Gasteiger partial charge on any atom is 0.246 e. The van der Waals surface area contributed by atoms with Gasteiger partial charge in [0.05, 0.1) is 5.52 Å². The van der Waals surface area contributed by atoms with Gasteiger partial charge in [-0.1, -0.05) is 43.3 Å². The van der Waals surface area contributed by atoms with Crippen LogP contribution in [0.25, 0.3) is 11.0 Å². The number of aromatic nitrogens is 3. The van der Waals surface area contributed by atoms with E-state index in [4.69, 9.17) is 0 Å². The van der Waals surface area contributed by atoms with Crippen molar-refractivity contribution >= 4 is 22.6 Å². The second-order valence-corrected chi connectivity index (χ2v) is 5.72. The lowest BCUT2D eigenvalue weighted by atomic mass is 9.99. The van der Waals surface area contributed by atoms with Crippen LogP contribution in [0.15, 0.2) is 48.5 Å². The van der Waals surface area contributed by atoms with Crippen molar-refractivity contribution in [3.8, 4) is 0 Å². The van der Waals surface area contributed by atoms with Gasteiger partial charge >= 0.3 is 0 Å². The number of nitrogens with one attached hydrogen (secondary N) is 1. The van der Waals surface area contributed by atoms with Gasteiger partial charge in [0.15, 0.2) is 0 Å². The molecule has 23 heavy (non-hydrogen) atoms. The maximum atomic E-state index is 12.2. The average Bonchev–Trinajstić information content (AvgIpc) is 2.98. The number of hydrogen-bond donors (Lipinski definition) is 1. The van der Waals surface area contributed by atoms with Crippen LogP contribution >= 0.6 is 0 Å². The molecule has 0 radical (unpaired) electrons. The molecule has 118 valence electrons. The Kier molecular flexibility index (Phi) is 4.37. The maximum absolute atomic E-state index is 12.2. The molecule has 0 saturated carbocycles. The average molecular weight is 308 g/mol. The lowest BCUT2D eigenvalue weighted by Gasteiger charge is -2.10. The van der Waals surface area contributed by atoms with Crippen LogP contribution in [0.4, 0.5) is 5.69 Å². The van der Waals surface area contributed by atoms with Crippen LogP contribution < -0.4 is 5.32 Å². The molecule has 3 aromatic rings. The second kappa shape index (κ2) is 6.60. The summed E-state index contributed by atoms with van der Waals surface area (Å²) in [5.41, 5.74) is 3.73. The van der Waals surface area contributed by atoms with Crippen molar-refractivity contribution in [3.63, 3.8) is 0 Å². The molecule has 1 aromatic heterocycles. The van der Waals surface area contributed by atoms with E-state index in [9.17, 15) is 4.79 Å². The summed E-state index contributed by atoms with van der Waals surface area (Å²) in [6, 6.07) is 15.6. The summed E-state index contributed by atoms with van der Waals surface area (Å²) in [6.45, 7) is 4.51. The second-order valence-electron chi connectivity index (χ2n) is 5.72. The van der Waals surface area contributed by atoms with Gasteiger partial charge in [-0.3, -0.25) is 4.79 Å². The lowest BCUT2D eigenvalue weighted by molar-refractivity contribution is -0.116. The highest BCUT2D eigenvalue weighted by Gasteiger charge is 2.09. The number of anilines is 1. The van der Waals surface area contributed by atoms with E-state index in [1.54, 1.807) is 4.68 Å². The molecule has 0 spiro atoms. The summed E-state index contributed by atoms with van der Waals surface area (Å²) in [5.74, 6) is 0.415. The number of nitrogens with zero attached hydrogens (tertiary/aromatic N) is 3. The first-order valence-electron chi connectivity index (χ1n) is 7.85. The van der Waals surface area contributed by atoms with E-state index < -0.39 is 0 Å². The van der Waals surface area contributed by atoms with Gasteiger partial charge < -0.3 is 5.32 Å². The van der Waals surface area contributed by atoms with Gasteiger partial charge in [0.1, 0.15) is 12.1 Å². The Hall–Kier alpha value is -2.69. The predicted octanol–water partition coefficient (Wildman–Crippen LogP) is 3.58. The zero-order chi connectivity index (χ0) is 16.2. The fraction of sp³-hybridized carbons (Fsp3) is 0.278. The minimum absolute atomic E-state index is 0.114. The van der Waals surface area contributed by atoms with Crippen LogP contribution in [0.5, 0.6) is 0 Å². The molecule has 3 rings (SSSR count). The molecule has 2 aromatic carbocycles. The Morgan fingerprint density at radius 3 is 2.65 bits per heavy atom. The van der Waals surface area contributed by atoms with E-state index in [1.165, 1.54) is 5.56 Å². The van der Waals surface area contributed by atoms with Gasteiger partial charge in [0, 0.05) is 5.69 Å². The monoisotopic (exact) mass is 308 g/mol. The predicted molar refractivity (Wildman–Crippen MR) is 91.3 cm³/mol. The van der Waals surface area contributed by atoms with Crippen molar-refractivity contribution < 1.29 is 4.79 Å². The first-order chi connectivity index (χ1) is 11.2. The molecule has 0 bridgehead atoms. The van der Waals surface area contributed by atoms with Gasteiger partial charge in [-0.15, -0.1) is 5.10 Å². The highest BCUT2D eigenvalue weighted by Crippen LogP contribution is 2.20. The van der Waals surface area contributed by atoms with Crippen LogP contribution in [-0.2, 0) is 11.3 Å². The molecule has 1 N–H and O–H groups in total. The van der Waals surface area contributed by atoms with E-state index in [0.717, 1.165) is 23.1 Å². The summed E-state index contributed by atoms with van der Waals surface area (Å²) >= 11 is 0. The Bertz CT molecular complexity index is 807. The van der Waals surface area contributed by atoms with Crippen molar-refractivity contribution in [2.75, 3.05) is 5.32 Å². The van der Waals surface area contributed by atoms with Gasteiger partial charge in [-0.2, -0.15) is 0 Å². The highest BCUT2D eigenvalue weighted by atomic mass is 16.2. The van der Waals surface area contributed by atoms with E-state index in [2.05, 4.69) is 41.6 Å². The van der Waals surface area contributed by atoms with Gasteiger partial charge in [-0.25, -0.2) is 4.68 Å². The number of carbonyl (C=O) groups excluding carboxylic acids is 1. The number of para-hydroxylation sites is 1. The largest absolute Gasteiger partial charge is 0.324 e. The summed E-state index contributed by atoms with van der Waals surface area (Å²) in [5, 5.41) is 11.0. The van der Waals surface area contributed by atoms with E-state index in [0.29, 0.717) is 5.92 Å². The minimum Gasteiger partial charge on any atom is -0.324 e. The molecule has 1 atom stereocenters. The fourth-order valence-corrected chi connectivity index (χ4v) is 2.50. The molecule has 1 amide bonds. The number of amides is 1. The molecule has 0 aliphatic heterocycles. The number of fused-ring (bicyclic) bond motifs is 1. The summed E-state index contributed by atoms with van der Waals surface area (Å²) in [6.07, 6.45) is 1.10. The van der Waals surface area contributed by atoms with Crippen LogP contribution in [0.1, 0.15) is 31.7 Å². The normalized spacial score (nSPS) is 12.3. The summed E-state index contributed by atoms with van der Waals surface area (Å²) in [7, 11) is 0. The molecule has 0 saturated heterocycles. The van der Waals surface area contributed by atoms with Gasteiger partial charge in [0.25, 0.3) is 0 Å². The molecule has 0 aliphatic carbocycles. The van der Waals surface area contributed by atoms with E-state index in [-0.39, 0.29) is 12.5 Å². The first kappa shape index (κ1) is 15.2. The minimum atomic E-state index is -0.114. The van der Waals surface area contributed by atoms with Crippen molar-refractivity contribution in [2.24, 2.45) is 0 Å². The van der Waals surface area contributed by atoms with Crippen LogP contribution in [-0.4, -0.2) is 20.9 Å². The Morgan fingerprint density at radius 1 is 1.17 bits per heavy atom. The summed E-state index contributed by atoms with van der Waals surface area (Å²) < 4.78 is 1.61. The standard InChI is InChI=1S/C18H20N4O/c1-3-13(2)14-8-10-15(11-9-14)19-18(23)12-22-17-7-5-4-6-16(17)20-21-22/h4-11,13H,3,12H2,1-2H3,(H,19,23)/t13-/m0/s1. The summed E-state index contributed by atoms with van der Waals surface area (Å²) in [4.78, 5) is 12.2. The third-order valence-corrected chi connectivity index (χ3v) is 4.09. The molecular formula is C18H20N4O. The molecule has 5 nitrogen and oxygen atoms in total. The molecule has 0 fully saturated rings. The number of benzene rings is 2. The Labute approximate surface area is 135 Å². The third-order valence-electron chi connectivity index (χ3n) is 4.09. The quantitative estimate of drug-likeness (QED) is 0.783. The third kappa shape index (κ3) is 3.39. The molecule has 5 heteroatoms. The smallest absolute Gasteiger partial charge is 0.246 e. The van der Waals surface area contributed by atoms with Crippen molar-refractivity contribution in [3.05, 3.63) is 54.1 Å². The fourth-order valence-electron chi connectivity index (χ4n) is 2.50. The number of rotatable bonds is 5. The topological polar surface area (TPSA) is 59.8 Å². The Balaban J connectivity index is 1.67. The Morgan fingerprint density at radius 2 is 1.91 bits per heavy atom. The zero-order valence-electron chi connectivity index (χ0n) is 13.4. The highest BCUT2D eigenvalue weighted by molar-refractivity contribution is 5.91. The van der Waals surface area contributed by atoms with Crippen molar-refractivity contribution in [1.82, 2.24) is 15.0 Å². The van der Waals surface area contributed by atoms with Gasteiger partial charge in [0.2, 0.25) is 5.91 Å². The molecule has 1 heterocycles. The number of carbonyl (C=O) groups is 1. The van der Waals surface area contributed by atoms with E-state index >= 15 is 0 Å². The zero-order valence-corrected chi connectivity index (χ0v) is 13.4. The van der Waals surface area contributed by atoms with Crippen LogP contribution in [0.3, 0.4) is 0 Å². The van der Waals surface area contributed by atoms with Crippen LogP contribution in [0, 0.1) is 0 Å². The SMILES string of the molecule is CC[C@H](C)c1ccc(NC(=O)Cn2nnc3ccccc32)cc1. The first-order valence-corrected chi connectivity index (χ1v) is 7.85.